The fourth-order valence-corrected chi connectivity index (χ4v) is 3.85. The van der Waals surface area contributed by atoms with Gasteiger partial charge < -0.3 is 9.64 Å². The van der Waals surface area contributed by atoms with Crippen LogP contribution in [0, 0.1) is 6.92 Å². The molecule has 1 fully saturated rings. The van der Waals surface area contributed by atoms with Crippen LogP contribution < -0.4 is 4.74 Å². The highest BCUT2D eigenvalue weighted by Crippen LogP contribution is 2.25. The van der Waals surface area contributed by atoms with Gasteiger partial charge in [0.05, 0.1) is 5.69 Å². The summed E-state index contributed by atoms with van der Waals surface area (Å²) in [6.45, 7) is 6.25. The lowest BCUT2D eigenvalue weighted by atomic mass is 10.1. The molecule has 0 atom stereocenters. The molecule has 1 aliphatic heterocycles. The van der Waals surface area contributed by atoms with Gasteiger partial charge in [0, 0.05) is 43.8 Å². The number of hydrogen-bond donors (Lipinski definition) is 0. The number of aryl methyl sites for hydroxylation is 1. The molecule has 1 saturated heterocycles. The second kappa shape index (κ2) is 9.05. The zero-order valence-electron chi connectivity index (χ0n) is 16.9. The lowest BCUT2D eigenvalue weighted by Gasteiger charge is -2.22. The first-order valence-electron chi connectivity index (χ1n) is 10.2. The second-order valence-corrected chi connectivity index (χ2v) is 7.55. The van der Waals surface area contributed by atoms with Gasteiger partial charge in [0.15, 0.2) is 6.61 Å². The Morgan fingerprint density at radius 1 is 0.966 bits per heavy atom. The van der Waals surface area contributed by atoms with Gasteiger partial charge in [0.1, 0.15) is 5.75 Å². The number of hydrogen-bond acceptors (Lipinski definition) is 4. The topological polar surface area (TPSA) is 45.7 Å². The van der Waals surface area contributed by atoms with Crippen molar-refractivity contribution in [3.8, 4) is 5.75 Å². The van der Waals surface area contributed by atoms with Gasteiger partial charge in [-0.15, -0.1) is 0 Å². The maximum absolute atomic E-state index is 12.7. The Balaban J connectivity index is 1.32. The van der Waals surface area contributed by atoms with E-state index in [9.17, 15) is 4.79 Å². The van der Waals surface area contributed by atoms with Crippen LogP contribution in [0.15, 0.2) is 60.7 Å². The molecule has 150 valence electrons. The predicted molar refractivity (Wildman–Crippen MR) is 115 cm³/mol. The smallest absolute Gasteiger partial charge is 0.260 e. The summed E-state index contributed by atoms with van der Waals surface area (Å²) in [6, 6.07) is 20.2. The molecule has 3 aromatic rings. The molecule has 5 heteroatoms. The zero-order valence-corrected chi connectivity index (χ0v) is 16.9. The van der Waals surface area contributed by atoms with E-state index in [-0.39, 0.29) is 12.5 Å². The van der Waals surface area contributed by atoms with E-state index in [0.29, 0.717) is 0 Å². The standard InChI is InChI=1S/C24H27N3O2/c1-19-7-4-10-21(25-19)17-26-13-6-14-27(16-15-26)24(28)18-29-23-12-5-9-20-8-2-3-11-22(20)23/h2-5,7-12H,6,13-18H2,1H3. The molecule has 0 spiro atoms. The Bertz CT molecular complexity index is 983. The van der Waals surface area contributed by atoms with Crippen LogP contribution in [-0.4, -0.2) is 53.5 Å². The minimum absolute atomic E-state index is 0.0495. The summed E-state index contributed by atoms with van der Waals surface area (Å²) < 4.78 is 5.90. The summed E-state index contributed by atoms with van der Waals surface area (Å²) in [5.41, 5.74) is 2.13. The fourth-order valence-electron chi connectivity index (χ4n) is 3.85. The molecule has 0 bridgehead atoms. The maximum Gasteiger partial charge on any atom is 0.260 e. The molecule has 1 aliphatic rings. The van der Waals surface area contributed by atoms with Crippen molar-refractivity contribution in [2.24, 2.45) is 0 Å². The molecule has 0 unspecified atom stereocenters. The molecule has 5 nitrogen and oxygen atoms in total. The average Bonchev–Trinajstić information content (AvgIpc) is 2.97. The van der Waals surface area contributed by atoms with Crippen molar-refractivity contribution in [3.63, 3.8) is 0 Å². The van der Waals surface area contributed by atoms with Crippen LogP contribution in [0.5, 0.6) is 5.75 Å². The van der Waals surface area contributed by atoms with Crippen molar-refractivity contribution in [3.05, 3.63) is 72.1 Å². The van der Waals surface area contributed by atoms with E-state index in [1.54, 1.807) is 0 Å². The number of nitrogens with zero attached hydrogens (tertiary/aromatic N) is 3. The first-order valence-corrected chi connectivity index (χ1v) is 10.2. The summed E-state index contributed by atoms with van der Waals surface area (Å²) in [6.07, 6.45) is 0.964. The van der Waals surface area contributed by atoms with Crippen LogP contribution in [0.2, 0.25) is 0 Å². The van der Waals surface area contributed by atoms with Crippen molar-refractivity contribution < 1.29 is 9.53 Å². The van der Waals surface area contributed by atoms with Gasteiger partial charge in [-0.05, 0) is 36.9 Å². The van der Waals surface area contributed by atoms with Gasteiger partial charge in [-0.2, -0.15) is 0 Å². The van der Waals surface area contributed by atoms with Gasteiger partial charge in [0.2, 0.25) is 0 Å². The Morgan fingerprint density at radius 3 is 2.69 bits per heavy atom. The lowest BCUT2D eigenvalue weighted by Crippen LogP contribution is -2.38. The summed E-state index contributed by atoms with van der Waals surface area (Å²) in [5, 5.41) is 2.16. The van der Waals surface area contributed by atoms with Crippen LogP contribution in [0.25, 0.3) is 10.8 Å². The SMILES string of the molecule is Cc1cccc(CN2CCCN(C(=O)COc3cccc4ccccc34)CC2)n1. The van der Waals surface area contributed by atoms with E-state index in [1.807, 2.05) is 48.2 Å². The third kappa shape index (κ3) is 4.93. The normalized spacial score (nSPS) is 15.3. The highest BCUT2D eigenvalue weighted by Gasteiger charge is 2.20. The van der Waals surface area contributed by atoms with E-state index in [4.69, 9.17) is 4.74 Å². The van der Waals surface area contributed by atoms with Gasteiger partial charge in [0.25, 0.3) is 5.91 Å². The highest BCUT2D eigenvalue weighted by molar-refractivity contribution is 5.88. The third-order valence-corrected chi connectivity index (χ3v) is 5.37. The van der Waals surface area contributed by atoms with Gasteiger partial charge in [-0.25, -0.2) is 0 Å². The molecule has 1 aromatic heterocycles. The minimum atomic E-state index is 0.0495. The second-order valence-electron chi connectivity index (χ2n) is 7.55. The molecule has 0 radical (unpaired) electrons. The third-order valence-electron chi connectivity index (χ3n) is 5.37. The maximum atomic E-state index is 12.7. The number of ether oxygens (including phenoxy) is 1. The van der Waals surface area contributed by atoms with E-state index in [2.05, 4.69) is 34.1 Å². The monoisotopic (exact) mass is 389 g/mol. The molecule has 2 aromatic carbocycles. The quantitative estimate of drug-likeness (QED) is 0.668. The molecule has 29 heavy (non-hydrogen) atoms. The number of pyridine rings is 1. The molecule has 0 saturated carbocycles. The van der Waals surface area contributed by atoms with Crippen molar-refractivity contribution in [1.82, 2.24) is 14.8 Å². The van der Waals surface area contributed by atoms with Gasteiger partial charge in [-0.3, -0.25) is 14.7 Å². The van der Waals surface area contributed by atoms with Crippen LogP contribution in [0.1, 0.15) is 17.8 Å². The van der Waals surface area contributed by atoms with Gasteiger partial charge >= 0.3 is 0 Å². The number of carbonyl (C=O) groups is 1. The average molecular weight is 389 g/mol. The fraction of sp³-hybridized carbons (Fsp3) is 0.333. The number of carbonyl (C=O) groups excluding carboxylic acids is 1. The minimum Gasteiger partial charge on any atom is -0.483 e. The largest absolute Gasteiger partial charge is 0.483 e. The van der Waals surface area contributed by atoms with E-state index in [0.717, 1.165) is 67.1 Å². The van der Waals surface area contributed by atoms with Crippen LogP contribution in [-0.2, 0) is 11.3 Å². The Hall–Kier alpha value is -2.92. The van der Waals surface area contributed by atoms with Gasteiger partial charge in [-0.1, -0.05) is 42.5 Å². The molecule has 0 N–H and O–H groups in total. The first kappa shape index (κ1) is 19.4. The molecular formula is C24H27N3O2. The summed E-state index contributed by atoms with van der Waals surface area (Å²) in [7, 11) is 0. The van der Waals surface area contributed by atoms with Crippen molar-refractivity contribution in [2.45, 2.75) is 19.9 Å². The number of fused-ring (bicyclic) bond motifs is 1. The Kier molecular flexibility index (Phi) is 6.06. The predicted octanol–water partition coefficient (Wildman–Crippen LogP) is 3.66. The summed E-state index contributed by atoms with van der Waals surface area (Å²) in [4.78, 5) is 21.6. The van der Waals surface area contributed by atoms with Crippen molar-refractivity contribution >= 4 is 16.7 Å². The molecular weight excluding hydrogens is 362 g/mol. The van der Waals surface area contributed by atoms with Crippen LogP contribution in [0.4, 0.5) is 0 Å². The van der Waals surface area contributed by atoms with E-state index < -0.39 is 0 Å². The first-order chi connectivity index (χ1) is 14.2. The van der Waals surface area contributed by atoms with Crippen LogP contribution in [0.3, 0.4) is 0 Å². The van der Waals surface area contributed by atoms with E-state index >= 15 is 0 Å². The molecule has 2 heterocycles. The number of amides is 1. The van der Waals surface area contributed by atoms with Crippen LogP contribution >= 0.6 is 0 Å². The molecule has 0 aliphatic carbocycles. The van der Waals surface area contributed by atoms with Crippen molar-refractivity contribution in [1.29, 1.82) is 0 Å². The Labute approximate surface area is 171 Å². The van der Waals surface area contributed by atoms with Crippen molar-refractivity contribution in [2.75, 3.05) is 32.8 Å². The van der Waals surface area contributed by atoms with E-state index in [1.165, 1.54) is 0 Å². The highest BCUT2D eigenvalue weighted by atomic mass is 16.5. The summed E-state index contributed by atoms with van der Waals surface area (Å²) >= 11 is 0. The Morgan fingerprint density at radius 2 is 1.79 bits per heavy atom. The molecule has 1 amide bonds. The number of aromatic nitrogens is 1. The molecule has 4 rings (SSSR count). The lowest BCUT2D eigenvalue weighted by molar-refractivity contribution is -0.133. The summed E-state index contributed by atoms with van der Waals surface area (Å²) in [5.74, 6) is 0.812. The zero-order chi connectivity index (χ0) is 20.1. The number of rotatable bonds is 5. The number of benzene rings is 2.